The standard InChI is InChI=1S/C21H28FN3O5/c1-12(13-5-7-14(22)8-6-13)25-15-9-17(18(25)26)24(10-15)11-16(19(27)28)23-20(29)30-21(2,3)4/h5-8,12,15-17H,9-11H2,1-4H3,(H,23,29)(H,27,28)/t12-,15?,16?,17?/m0/s1. The third-order valence-electron chi connectivity index (χ3n) is 5.49. The van der Waals surface area contributed by atoms with Crippen molar-refractivity contribution in [3.05, 3.63) is 35.6 Å². The number of halogens is 1. The molecule has 1 aromatic rings. The van der Waals surface area contributed by atoms with E-state index in [4.69, 9.17) is 4.74 Å². The van der Waals surface area contributed by atoms with Gasteiger partial charge in [0.15, 0.2) is 0 Å². The molecule has 2 N–H and O–H groups in total. The minimum atomic E-state index is -1.19. The molecule has 4 atom stereocenters. The Hall–Kier alpha value is -2.68. The molecule has 2 amide bonds. The van der Waals surface area contributed by atoms with Gasteiger partial charge in [-0.2, -0.15) is 0 Å². The molecule has 2 bridgehead atoms. The summed E-state index contributed by atoms with van der Waals surface area (Å²) >= 11 is 0. The predicted molar refractivity (Wildman–Crippen MR) is 106 cm³/mol. The Balaban J connectivity index is 1.64. The summed E-state index contributed by atoms with van der Waals surface area (Å²) in [6, 6.07) is 4.21. The highest BCUT2D eigenvalue weighted by molar-refractivity contribution is 5.86. The highest BCUT2D eigenvalue weighted by Gasteiger charge is 2.51. The van der Waals surface area contributed by atoms with Crippen molar-refractivity contribution in [2.24, 2.45) is 0 Å². The summed E-state index contributed by atoms with van der Waals surface area (Å²) in [6.45, 7) is 7.51. The molecule has 3 unspecified atom stereocenters. The number of hydrogen-bond donors (Lipinski definition) is 2. The minimum Gasteiger partial charge on any atom is -0.480 e. The van der Waals surface area contributed by atoms with Crippen LogP contribution >= 0.6 is 0 Å². The van der Waals surface area contributed by atoms with Crippen molar-refractivity contribution in [3.8, 4) is 0 Å². The number of nitrogens with zero attached hydrogens (tertiary/aromatic N) is 2. The fraction of sp³-hybridized carbons (Fsp3) is 0.571. The average Bonchev–Trinajstić information content (AvgIpc) is 3.17. The molecule has 2 saturated heterocycles. The molecule has 2 aliphatic rings. The zero-order valence-electron chi connectivity index (χ0n) is 17.6. The second kappa shape index (κ2) is 8.22. The number of rotatable bonds is 6. The van der Waals surface area contributed by atoms with E-state index in [9.17, 15) is 23.9 Å². The number of alkyl carbamates (subject to hydrolysis) is 1. The SMILES string of the molecule is C[C@@H](c1ccc(F)cc1)N1C(=O)C2CC1CN2CC(NC(=O)OC(C)(C)C)C(=O)O. The zero-order chi connectivity index (χ0) is 22.2. The lowest BCUT2D eigenvalue weighted by molar-refractivity contribution is -0.143. The molecule has 0 aromatic heterocycles. The zero-order valence-corrected chi connectivity index (χ0v) is 17.6. The van der Waals surface area contributed by atoms with Gasteiger partial charge in [-0.1, -0.05) is 12.1 Å². The van der Waals surface area contributed by atoms with Gasteiger partial charge < -0.3 is 20.1 Å². The van der Waals surface area contributed by atoms with Crippen molar-refractivity contribution in [1.82, 2.24) is 15.1 Å². The highest BCUT2D eigenvalue weighted by atomic mass is 19.1. The summed E-state index contributed by atoms with van der Waals surface area (Å²) in [5, 5.41) is 11.9. The van der Waals surface area contributed by atoms with E-state index in [-0.39, 0.29) is 30.4 Å². The van der Waals surface area contributed by atoms with Gasteiger partial charge in [0.05, 0.1) is 12.1 Å². The highest BCUT2D eigenvalue weighted by Crippen LogP contribution is 2.37. The lowest BCUT2D eigenvalue weighted by Crippen LogP contribution is -2.56. The Morgan fingerprint density at radius 1 is 1.30 bits per heavy atom. The summed E-state index contributed by atoms with van der Waals surface area (Å²) in [5.41, 5.74) is 0.103. The number of carbonyl (C=O) groups is 3. The number of hydrogen-bond acceptors (Lipinski definition) is 5. The summed E-state index contributed by atoms with van der Waals surface area (Å²) in [6.07, 6.45) is -0.208. The van der Waals surface area contributed by atoms with Crippen LogP contribution in [0, 0.1) is 5.82 Å². The third-order valence-corrected chi connectivity index (χ3v) is 5.49. The van der Waals surface area contributed by atoms with Crippen LogP contribution in [-0.2, 0) is 14.3 Å². The van der Waals surface area contributed by atoms with Gasteiger partial charge in [-0.25, -0.2) is 14.0 Å². The van der Waals surface area contributed by atoms with Crippen LogP contribution in [0.5, 0.6) is 0 Å². The first kappa shape index (κ1) is 22.0. The number of fused-ring (bicyclic) bond motifs is 2. The Bertz CT molecular complexity index is 823. The molecule has 0 aliphatic carbocycles. The second-order valence-corrected chi connectivity index (χ2v) is 8.87. The van der Waals surface area contributed by atoms with Crippen molar-refractivity contribution < 1.29 is 28.6 Å². The van der Waals surface area contributed by atoms with Gasteiger partial charge in [0, 0.05) is 19.1 Å². The largest absolute Gasteiger partial charge is 0.480 e. The molecule has 30 heavy (non-hydrogen) atoms. The van der Waals surface area contributed by atoms with Gasteiger partial charge in [0.2, 0.25) is 5.91 Å². The van der Waals surface area contributed by atoms with Crippen molar-refractivity contribution in [3.63, 3.8) is 0 Å². The number of nitrogens with one attached hydrogen (secondary N) is 1. The van der Waals surface area contributed by atoms with Crippen LogP contribution < -0.4 is 5.32 Å². The molecular weight excluding hydrogens is 393 g/mol. The Morgan fingerprint density at radius 3 is 2.47 bits per heavy atom. The van der Waals surface area contributed by atoms with E-state index in [1.165, 1.54) is 12.1 Å². The number of benzene rings is 1. The van der Waals surface area contributed by atoms with E-state index < -0.39 is 29.7 Å². The third kappa shape index (κ3) is 4.72. The summed E-state index contributed by atoms with van der Waals surface area (Å²) in [5.74, 6) is -1.60. The molecule has 0 radical (unpaired) electrons. The summed E-state index contributed by atoms with van der Waals surface area (Å²) < 4.78 is 18.3. The minimum absolute atomic E-state index is 0.0141. The molecule has 9 heteroatoms. The maximum atomic E-state index is 13.2. The van der Waals surface area contributed by atoms with Crippen molar-refractivity contribution in [1.29, 1.82) is 0 Å². The van der Waals surface area contributed by atoms with Gasteiger partial charge in [-0.15, -0.1) is 0 Å². The van der Waals surface area contributed by atoms with E-state index >= 15 is 0 Å². The van der Waals surface area contributed by atoms with Crippen molar-refractivity contribution in [2.45, 2.75) is 63.9 Å². The summed E-state index contributed by atoms with van der Waals surface area (Å²) in [7, 11) is 0. The normalized spacial score (nSPS) is 23.4. The first-order valence-corrected chi connectivity index (χ1v) is 10.0. The first-order chi connectivity index (χ1) is 14.0. The van der Waals surface area contributed by atoms with E-state index in [1.54, 1.807) is 42.7 Å². The Morgan fingerprint density at radius 2 is 1.93 bits per heavy atom. The second-order valence-electron chi connectivity index (χ2n) is 8.87. The number of piperazine rings is 1. The summed E-state index contributed by atoms with van der Waals surface area (Å²) in [4.78, 5) is 40.2. The molecule has 2 heterocycles. The van der Waals surface area contributed by atoms with Crippen molar-refractivity contribution >= 4 is 18.0 Å². The molecule has 164 valence electrons. The van der Waals surface area contributed by atoms with Gasteiger partial charge in [0.25, 0.3) is 0 Å². The Labute approximate surface area is 175 Å². The Kier molecular flexibility index (Phi) is 6.03. The molecule has 0 saturated carbocycles. The molecule has 8 nitrogen and oxygen atoms in total. The number of amides is 2. The van der Waals surface area contributed by atoms with Crippen LogP contribution in [-0.4, -0.2) is 69.7 Å². The molecule has 1 aromatic carbocycles. The number of carboxylic acid groups (broad SMARTS) is 1. The van der Waals surface area contributed by atoms with Crippen LogP contribution in [0.1, 0.15) is 45.7 Å². The van der Waals surface area contributed by atoms with Crippen LogP contribution in [0.4, 0.5) is 9.18 Å². The molecular formula is C21H28FN3O5. The number of likely N-dealkylation sites (tertiary alicyclic amines) is 2. The van der Waals surface area contributed by atoms with Crippen molar-refractivity contribution in [2.75, 3.05) is 13.1 Å². The lowest BCUT2D eigenvalue weighted by atomic mass is 10.1. The fourth-order valence-corrected chi connectivity index (χ4v) is 4.17. The number of ether oxygens (including phenoxy) is 1. The van der Waals surface area contributed by atoms with E-state index in [1.807, 2.05) is 6.92 Å². The topological polar surface area (TPSA) is 99.2 Å². The first-order valence-electron chi connectivity index (χ1n) is 10.0. The quantitative estimate of drug-likeness (QED) is 0.730. The fourth-order valence-electron chi connectivity index (χ4n) is 4.17. The maximum Gasteiger partial charge on any atom is 0.408 e. The van der Waals surface area contributed by atoms with Crippen LogP contribution in [0.3, 0.4) is 0 Å². The number of aliphatic carboxylic acids is 1. The van der Waals surface area contributed by atoms with E-state index in [0.29, 0.717) is 13.0 Å². The van der Waals surface area contributed by atoms with Crippen LogP contribution in [0.15, 0.2) is 24.3 Å². The predicted octanol–water partition coefficient (Wildman–Crippen LogP) is 2.15. The maximum absolute atomic E-state index is 13.2. The number of carbonyl (C=O) groups excluding carboxylic acids is 2. The van der Waals surface area contributed by atoms with Gasteiger partial charge >= 0.3 is 12.1 Å². The molecule has 2 fully saturated rings. The van der Waals surface area contributed by atoms with Gasteiger partial charge in [-0.3, -0.25) is 9.69 Å². The smallest absolute Gasteiger partial charge is 0.408 e. The van der Waals surface area contributed by atoms with Crippen LogP contribution in [0.2, 0.25) is 0 Å². The lowest BCUT2D eigenvalue weighted by Gasteiger charge is -2.38. The molecule has 0 spiro atoms. The molecule has 2 aliphatic heterocycles. The monoisotopic (exact) mass is 421 g/mol. The van der Waals surface area contributed by atoms with Gasteiger partial charge in [-0.05, 0) is 51.8 Å². The number of carboxylic acids is 1. The van der Waals surface area contributed by atoms with E-state index in [0.717, 1.165) is 5.56 Å². The van der Waals surface area contributed by atoms with Gasteiger partial charge in [0.1, 0.15) is 17.5 Å². The molecule has 3 rings (SSSR count). The van der Waals surface area contributed by atoms with Crippen LogP contribution in [0.25, 0.3) is 0 Å². The van der Waals surface area contributed by atoms with E-state index in [2.05, 4.69) is 5.32 Å². The average molecular weight is 421 g/mol.